The van der Waals surface area contributed by atoms with Gasteiger partial charge in [-0.2, -0.15) is 0 Å². The van der Waals surface area contributed by atoms with Gasteiger partial charge < -0.3 is 10.1 Å². The average molecular weight is 358 g/mol. The summed E-state index contributed by atoms with van der Waals surface area (Å²) in [5.41, 5.74) is 3.52. The van der Waals surface area contributed by atoms with Crippen LogP contribution in [0.4, 0.5) is 5.69 Å². The number of hydrogen-bond donors (Lipinski definition) is 1. The number of nitrogens with zero attached hydrogens (tertiary/aromatic N) is 2. The molecule has 5 nitrogen and oxygen atoms in total. The molecule has 0 aliphatic rings. The summed E-state index contributed by atoms with van der Waals surface area (Å²) in [6, 6.07) is 9.12. The Morgan fingerprint density at radius 2 is 2.12 bits per heavy atom. The second-order valence-electron chi connectivity index (χ2n) is 5.67. The van der Waals surface area contributed by atoms with Gasteiger partial charge in [-0.05, 0) is 50.1 Å². The molecule has 0 bridgehead atoms. The predicted octanol–water partition coefficient (Wildman–Crippen LogP) is 4.51. The normalized spacial score (nSPS) is 10.9. The van der Waals surface area contributed by atoms with E-state index >= 15 is 0 Å². The van der Waals surface area contributed by atoms with E-state index in [2.05, 4.69) is 10.3 Å². The number of rotatable bonds is 5. The molecule has 0 aliphatic heterocycles. The van der Waals surface area contributed by atoms with Crippen molar-refractivity contribution in [3.63, 3.8) is 0 Å². The number of fused-ring (bicyclic) bond motifs is 1. The second-order valence-corrected chi connectivity index (χ2v) is 6.11. The molecule has 2 heterocycles. The monoisotopic (exact) mass is 357 g/mol. The molecule has 3 rings (SSSR count). The summed E-state index contributed by atoms with van der Waals surface area (Å²) < 4.78 is 7.41. The molecule has 1 aromatic carbocycles. The van der Waals surface area contributed by atoms with Crippen LogP contribution in [0.3, 0.4) is 0 Å². The van der Waals surface area contributed by atoms with E-state index in [-0.39, 0.29) is 5.91 Å². The van der Waals surface area contributed by atoms with Gasteiger partial charge >= 0.3 is 0 Å². The van der Waals surface area contributed by atoms with Crippen molar-refractivity contribution in [2.45, 2.75) is 27.2 Å². The highest BCUT2D eigenvalue weighted by molar-refractivity contribution is 6.31. The Balaban J connectivity index is 2.06. The Bertz CT molecular complexity index is 934. The first kappa shape index (κ1) is 17.3. The van der Waals surface area contributed by atoms with Crippen LogP contribution < -0.4 is 10.1 Å². The quantitative estimate of drug-likeness (QED) is 0.731. The average Bonchev–Trinajstić information content (AvgIpc) is 2.98. The molecular formula is C19H20ClN3O2. The first-order valence-electron chi connectivity index (χ1n) is 8.25. The Morgan fingerprint density at radius 3 is 2.84 bits per heavy atom. The van der Waals surface area contributed by atoms with E-state index in [4.69, 9.17) is 16.3 Å². The van der Waals surface area contributed by atoms with Crippen LogP contribution in [0.25, 0.3) is 5.65 Å². The van der Waals surface area contributed by atoms with Crippen molar-refractivity contribution in [2.75, 3.05) is 11.9 Å². The maximum atomic E-state index is 12.9. The fourth-order valence-corrected chi connectivity index (χ4v) is 2.93. The summed E-state index contributed by atoms with van der Waals surface area (Å²) in [5, 5.41) is 3.52. The third-order valence-electron chi connectivity index (χ3n) is 3.98. The minimum absolute atomic E-state index is 0.219. The zero-order chi connectivity index (χ0) is 18.0. The van der Waals surface area contributed by atoms with Crippen molar-refractivity contribution in [1.82, 2.24) is 9.38 Å². The smallest absolute Gasteiger partial charge is 0.274 e. The minimum atomic E-state index is -0.219. The van der Waals surface area contributed by atoms with Gasteiger partial charge in [-0.3, -0.25) is 9.20 Å². The van der Waals surface area contributed by atoms with Gasteiger partial charge in [-0.15, -0.1) is 0 Å². The highest BCUT2D eigenvalue weighted by Gasteiger charge is 2.20. The summed E-state index contributed by atoms with van der Waals surface area (Å²) >= 11 is 6.05. The number of carbonyl (C=O) groups excluding carboxylic acids is 1. The van der Waals surface area contributed by atoms with E-state index in [0.29, 0.717) is 40.8 Å². The number of aromatic nitrogens is 2. The third kappa shape index (κ3) is 3.33. The van der Waals surface area contributed by atoms with Gasteiger partial charge in [0.05, 0.1) is 12.3 Å². The van der Waals surface area contributed by atoms with E-state index in [1.54, 1.807) is 16.5 Å². The van der Waals surface area contributed by atoms with Crippen molar-refractivity contribution < 1.29 is 9.53 Å². The van der Waals surface area contributed by atoms with Crippen LogP contribution in [0.1, 0.15) is 35.6 Å². The molecule has 1 amide bonds. The number of amides is 1. The molecule has 1 N–H and O–H groups in total. The Kier molecular flexibility index (Phi) is 4.95. The number of aryl methyl sites for hydroxylation is 2. The Labute approximate surface area is 151 Å². The van der Waals surface area contributed by atoms with Crippen LogP contribution in [0, 0.1) is 6.92 Å². The number of carbonyl (C=O) groups is 1. The summed E-state index contributed by atoms with van der Waals surface area (Å²) in [5.74, 6) is 0.445. The first-order chi connectivity index (χ1) is 12.0. The van der Waals surface area contributed by atoms with Crippen LogP contribution >= 0.6 is 11.6 Å². The van der Waals surface area contributed by atoms with E-state index in [0.717, 1.165) is 11.3 Å². The molecule has 0 radical (unpaired) electrons. The van der Waals surface area contributed by atoms with Crippen molar-refractivity contribution in [3.8, 4) is 5.75 Å². The lowest BCUT2D eigenvalue weighted by Crippen LogP contribution is -2.17. The maximum Gasteiger partial charge on any atom is 0.274 e. The number of anilines is 1. The molecule has 0 fully saturated rings. The number of imidazole rings is 1. The minimum Gasteiger partial charge on any atom is -0.490 e. The van der Waals surface area contributed by atoms with Crippen LogP contribution in [0.5, 0.6) is 5.75 Å². The topological polar surface area (TPSA) is 55.6 Å². The predicted molar refractivity (Wildman–Crippen MR) is 99.9 cm³/mol. The number of pyridine rings is 1. The van der Waals surface area contributed by atoms with Gasteiger partial charge in [-0.25, -0.2) is 4.98 Å². The highest BCUT2D eigenvalue weighted by atomic mass is 35.5. The van der Waals surface area contributed by atoms with Crippen LogP contribution in [-0.2, 0) is 6.42 Å². The Hall–Kier alpha value is -2.53. The van der Waals surface area contributed by atoms with Crippen molar-refractivity contribution in [2.24, 2.45) is 0 Å². The van der Waals surface area contributed by atoms with Crippen LogP contribution in [-0.4, -0.2) is 21.9 Å². The summed E-state index contributed by atoms with van der Waals surface area (Å²) in [6.07, 6.45) is 2.47. The van der Waals surface area contributed by atoms with E-state index < -0.39 is 0 Å². The van der Waals surface area contributed by atoms with E-state index in [1.807, 2.05) is 45.2 Å². The zero-order valence-corrected chi connectivity index (χ0v) is 15.2. The highest BCUT2D eigenvalue weighted by Crippen LogP contribution is 2.25. The Morgan fingerprint density at radius 1 is 1.32 bits per heavy atom. The van der Waals surface area contributed by atoms with Gasteiger partial charge in [0.25, 0.3) is 5.91 Å². The van der Waals surface area contributed by atoms with Gasteiger partial charge in [0, 0.05) is 16.9 Å². The summed E-state index contributed by atoms with van der Waals surface area (Å²) in [4.78, 5) is 17.5. The fraction of sp³-hybridized carbons (Fsp3) is 0.263. The molecule has 0 saturated heterocycles. The standard InChI is InChI=1S/C19H20ClN3O2/c1-4-14-17(19(24)22-15-11-13(20)9-8-12(15)3)23-10-6-7-16(25-5-2)18(23)21-14/h6-11H,4-5H2,1-3H3,(H,22,24). The van der Waals surface area contributed by atoms with Gasteiger partial charge in [0.1, 0.15) is 5.69 Å². The molecule has 130 valence electrons. The number of benzene rings is 1. The molecule has 0 aliphatic carbocycles. The van der Waals surface area contributed by atoms with Crippen molar-refractivity contribution in [1.29, 1.82) is 0 Å². The molecule has 0 atom stereocenters. The fourth-order valence-electron chi connectivity index (χ4n) is 2.76. The third-order valence-corrected chi connectivity index (χ3v) is 4.22. The van der Waals surface area contributed by atoms with Gasteiger partial charge in [-0.1, -0.05) is 24.6 Å². The van der Waals surface area contributed by atoms with Crippen LogP contribution in [0.15, 0.2) is 36.5 Å². The number of ether oxygens (including phenoxy) is 1. The molecule has 0 unspecified atom stereocenters. The van der Waals surface area contributed by atoms with Crippen molar-refractivity contribution >= 4 is 28.8 Å². The lowest BCUT2D eigenvalue weighted by molar-refractivity contribution is 0.102. The first-order valence-corrected chi connectivity index (χ1v) is 8.63. The summed E-state index contributed by atoms with van der Waals surface area (Å²) in [7, 11) is 0. The lowest BCUT2D eigenvalue weighted by atomic mass is 10.2. The lowest BCUT2D eigenvalue weighted by Gasteiger charge is -2.10. The molecule has 2 aromatic heterocycles. The number of halogens is 1. The summed E-state index contributed by atoms with van der Waals surface area (Å²) in [6.45, 7) is 6.36. The molecule has 0 spiro atoms. The molecule has 25 heavy (non-hydrogen) atoms. The largest absolute Gasteiger partial charge is 0.490 e. The molecular weight excluding hydrogens is 338 g/mol. The van der Waals surface area contributed by atoms with E-state index in [1.165, 1.54) is 0 Å². The van der Waals surface area contributed by atoms with Crippen LogP contribution in [0.2, 0.25) is 5.02 Å². The van der Waals surface area contributed by atoms with E-state index in [9.17, 15) is 4.79 Å². The molecule has 3 aromatic rings. The zero-order valence-electron chi connectivity index (χ0n) is 14.5. The number of hydrogen-bond acceptors (Lipinski definition) is 3. The van der Waals surface area contributed by atoms with Crippen molar-refractivity contribution in [3.05, 3.63) is 58.5 Å². The SMILES string of the molecule is CCOc1cccn2c(C(=O)Nc3cc(Cl)ccc3C)c(CC)nc12. The van der Waals surface area contributed by atoms with Gasteiger partial charge in [0.15, 0.2) is 11.4 Å². The molecule has 6 heteroatoms. The second kappa shape index (κ2) is 7.15. The number of nitrogens with one attached hydrogen (secondary N) is 1. The molecule has 0 saturated carbocycles. The van der Waals surface area contributed by atoms with Gasteiger partial charge in [0.2, 0.25) is 0 Å². The maximum absolute atomic E-state index is 12.9.